The average Bonchev–Trinajstić information content (AvgIpc) is 2.65. The minimum absolute atomic E-state index is 0.419. The fourth-order valence-electron chi connectivity index (χ4n) is 1.39. The zero-order chi connectivity index (χ0) is 18.6. The van der Waals surface area contributed by atoms with Gasteiger partial charge >= 0.3 is 35.5 Å². The van der Waals surface area contributed by atoms with Gasteiger partial charge in [0.2, 0.25) is 0 Å². The maximum atomic E-state index is 9.71. The standard InChI is InChI=1S/2C7H9N.C4H8O2.HI.Pt/c2*8-6-7-4-2-1-3-5-7;1-3-6-4(2)5;;/h2*1-5H,6,8H2;5H,2-3H2,1H3;1H;/q;;;;+1/p-2. The van der Waals surface area contributed by atoms with Crippen LogP contribution in [0.3, 0.4) is 0 Å². The first-order valence-corrected chi connectivity index (χ1v) is 13.7. The summed E-state index contributed by atoms with van der Waals surface area (Å²) in [5.74, 6) is -0.461. The molecule has 2 aromatic carbocycles. The number of halogens is 1. The van der Waals surface area contributed by atoms with E-state index in [2.05, 4.69) is 46.8 Å². The van der Waals surface area contributed by atoms with E-state index < -0.39 is 5.95 Å². The van der Waals surface area contributed by atoms with Crippen molar-refractivity contribution in [3.05, 3.63) is 84.3 Å². The third-order valence-corrected chi connectivity index (χ3v) is 2.46. The van der Waals surface area contributed by atoms with Crippen molar-refractivity contribution < 1.29 is 26.0 Å². The van der Waals surface area contributed by atoms with E-state index in [4.69, 9.17) is 11.5 Å². The molecule has 0 saturated heterocycles. The first-order valence-electron chi connectivity index (χ1n) is 7.22. The van der Waals surface area contributed by atoms with Gasteiger partial charge in [-0.25, -0.2) is 0 Å². The molecule has 0 fully saturated rings. The SMILES string of the molecule is C=C([O-])OCC.NCc1ccccc1.NCc1ccccc1.[I][Pt]. The van der Waals surface area contributed by atoms with Crippen LogP contribution in [0, 0.1) is 0 Å². The summed E-state index contributed by atoms with van der Waals surface area (Å²) in [7, 11) is 0. The van der Waals surface area contributed by atoms with Gasteiger partial charge in [0, 0.05) is 19.0 Å². The first kappa shape index (κ1) is 25.4. The molecule has 0 amide bonds. The van der Waals surface area contributed by atoms with E-state index in [1.807, 2.05) is 60.7 Å². The van der Waals surface area contributed by atoms with Gasteiger partial charge in [0.1, 0.15) is 0 Å². The van der Waals surface area contributed by atoms with Crippen molar-refractivity contribution in [3.8, 4) is 0 Å². The van der Waals surface area contributed by atoms with Crippen molar-refractivity contribution in [2.24, 2.45) is 11.5 Å². The van der Waals surface area contributed by atoms with Crippen LogP contribution >= 0.6 is 19.4 Å². The molecule has 0 aliphatic rings. The van der Waals surface area contributed by atoms with Crippen LogP contribution < -0.4 is 16.6 Å². The third-order valence-electron chi connectivity index (χ3n) is 2.46. The Labute approximate surface area is 167 Å². The van der Waals surface area contributed by atoms with Gasteiger partial charge in [-0.2, -0.15) is 0 Å². The van der Waals surface area contributed by atoms with Crippen molar-refractivity contribution in [1.82, 2.24) is 0 Å². The molecular weight excluding hydrogens is 598 g/mol. The molecule has 0 bridgehead atoms. The Balaban J connectivity index is 0. The topological polar surface area (TPSA) is 84.3 Å². The first-order chi connectivity index (χ1) is 11.6. The van der Waals surface area contributed by atoms with E-state index >= 15 is 0 Å². The Kier molecular flexibility index (Phi) is 21.3. The molecule has 0 aliphatic heterocycles. The predicted octanol–water partition coefficient (Wildman–Crippen LogP) is 3.03. The maximum absolute atomic E-state index is 9.71. The summed E-state index contributed by atoms with van der Waals surface area (Å²) in [5.41, 5.74) is 13.1. The average molecular weight is 623 g/mol. The van der Waals surface area contributed by atoms with Crippen molar-refractivity contribution >= 4 is 19.4 Å². The minimum atomic E-state index is -0.461. The molecule has 137 valence electrons. The Morgan fingerprint density at radius 3 is 1.42 bits per heavy atom. The van der Waals surface area contributed by atoms with Gasteiger partial charge in [0.15, 0.2) is 0 Å². The molecule has 2 rings (SSSR count). The van der Waals surface area contributed by atoms with Gasteiger partial charge in [0.05, 0.1) is 0 Å². The van der Waals surface area contributed by atoms with E-state index in [9.17, 15) is 5.11 Å². The van der Waals surface area contributed by atoms with Crippen molar-refractivity contribution in [3.63, 3.8) is 0 Å². The Bertz CT molecular complexity index is 459. The Hall–Kier alpha value is -0.882. The molecule has 6 heteroatoms. The second-order valence-electron chi connectivity index (χ2n) is 4.18. The van der Waals surface area contributed by atoms with E-state index in [1.165, 1.54) is 11.1 Å². The van der Waals surface area contributed by atoms with Crippen LogP contribution in [0.5, 0.6) is 0 Å². The summed E-state index contributed by atoms with van der Waals surface area (Å²) in [6.45, 7) is 6.40. The van der Waals surface area contributed by atoms with Crippen LogP contribution in [0.4, 0.5) is 0 Å². The molecular formula is C18H25IN2O2Pt-. The zero-order valence-corrected chi connectivity index (χ0v) is 18.2. The Morgan fingerprint density at radius 1 is 0.958 bits per heavy atom. The number of hydrogen-bond acceptors (Lipinski definition) is 4. The van der Waals surface area contributed by atoms with Gasteiger partial charge in [0.25, 0.3) is 0 Å². The predicted molar refractivity (Wildman–Crippen MR) is 103 cm³/mol. The monoisotopic (exact) mass is 623 g/mol. The number of rotatable bonds is 4. The number of hydrogen-bond donors (Lipinski definition) is 2. The van der Waals surface area contributed by atoms with Crippen molar-refractivity contribution in [2.75, 3.05) is 6.61 Å². The number of benzene rings is 2. The molecule has 0 saturated carbocycles. The van der Waals surface area contributed by atoms with Crippen LogP contribution in [0.2, 0.25) is 0 Å². The van der Waals surface area contributed by atoms with Crippen LogP contribution in [-0.4, -0.2) is 6.61 Å². The molecule has 4 N–H and O–H groups in total. The molecule has 0 aromatic heterocycles. The Morgan fingerprint density at radius 2 is 1.29 bits per heavy atom. The summed E-state index contributed by atoms with van der Waals surface area (Å²) in [4.78, 5) is 0. The van der Waals surface area contributed by atoms with Crippen LogP contribution in [0.1, 0.15) is 18.1 Å². The van der Waals surface area contributed by atoms with E-state index in [0.717, 1.165) is 0 Å². The second kappa shape index (κ2) is 20.2. The molecule has 2 aromatic rings. The molecule has 4 nitrogen and oxygen atoms in total. The van der Waals surface area contributed by atoms with Crippen LogP contribution in [-0.2, 0) is 34.0 Å². The van der Waals surface area contributed by atoms with Crippen LogP contribution in [0.25, 0.3) is 0 Å². The summed E-state index contributed by atoms with van der Waals surface area (Å²) in [6.07, 6.45) is 0. The van der Waals surface area contributed by atoms with Crippen LogP contribution in [0.15, 0.2) is 73.2 Å². The molecule has 0 aliphatic carbocycles. The molecule has 0 atom stereocenters. The van der Waals surface area contributed by atoms with E-state index in [0.29, 0.717) is 19.7 Å². The molecule has 24 heavy (non-hydrogen) atoms. The molecule has 0 radical (unpaired) electrons. The summed E-state index contributed by atoms with van der Waals surface area (Å²) >= 11 is 4.23. The number of nitrogens with two attached hydrogens (primary N) is 2. The van der Waals surface area contributed by atoms with Crippen molar-refractivity contribution in [1.29, 1.82) is 0 Å². The van der Waals surface area contributed by atoms with Gasteiger partial charge in [-0.1, -0.05) is 74.2 Å². The number of ether oxygens (including phenoxy) is 1. The van der Waals surface area contributed by atoms with Gasteiger partial charge in [-0.15, -0.1) is 0 Å². The quantitative estimate of drug-likeness (QED) is 0.406. The van der Waals surface area contributed by atoms with Crippen molar-refractivity contribution in [2.45, 2.75) is 20.0 Å². The van der Waals surface area contributed by atoms with E-state index in [1.54, 1.807) is 6.92 Å². The van der Waals surface area contributed by atoms with Gasteiger partial charge in [-0.3, -0.25) is 0 Å². The molecule has 0 heterocycles. The summed E-state index contributed by atoms with van der Waals surface area (Å²) < 4.78 is 4.29. The fraction of sp³-hybridized carbons (Fsp3) is 0.222. The van der Waals surface area contributed by atoms with Gasteiger partial charge < -0.3 is 21.3 Å². The van der Waals surface area contributed by atoms with Gasteiger partial charge in [-0.05, 0) is 17.7 Å². The summed E-state index contributed by atoms with van der Waals surface area (Å²) in [5, 5.41) is 9.71. The molecule has 0 spiro atoms. The third kappa shape index (κ3) is 17.5. The fourth-order valence-corrected chi connectivity index (χ4v) is 1.39. The zero-order valence-electron chi connectivity index (χ0n) is 13.8. The van der Waals surface area contributed by atoms with E-state index in [-0.39, 0.29) is 0 Å². The second-order valence-corrected chi connectivity index (χ2v) is 4.18. The normalized spacial score (nSPS) is 8.25. The summed E-state index contributed by atoms with van der Waals surface area (Å²) in [6, 6.07) is 20.0. The molecule has 0 unspecified atom stereocenters.